The smallest absolute Gasteiger partial charge is 0.306 e. The van der Waals surface area contributed by atoms with Gasteiger partial charge in [-0.05, 0) is 32.3 Å². The van der Waals surface area contributed by atoms with Gasteiger partial charge in [0.05, 0.1) is 11.6 Å². The van der Waals surface area contributed by atoms with E-state index in [1.807, 2.05) is 6.92 Å². The number of rotatable bonds is 4. The van der Waals surface area contributed by atoms with Gasteiger partial charge in [0.25, 0.3) is 0 Å². The Balaban J connectivity index is 1.93. The molecular weight excluding hydrogens is 294 g/mol. The third-order valence-electron chi connectivity index (χ3n) is 3.73. The van der Waals surface area contributed by atoms with Gasteiger partial charge in [-0.3, -0.25) is 14.3 Å². The average Bonchev–Trinajstić information content (AvgIpc) is 2.95. The number of aromatic nitrogens is 2. The van der Waals surface area contributed by atoms with Crippen LogP contribution in [0.3, 0.4) is 0 Å². The van der Waals surface area contributed by atoms with E-state index in [0.717, 1.165) is 5.69 Å². The predicted molar refractivity (Wildman–Crippen MR) is 78.9 cm³/mol. The van der Waals surface area contributed by atoms with Gasteiger partial charge in [-0.1, -0.05) is 11.6 Å². The molecule has 1 aromatic heterocycles. The Morgan fingerprint density at radius 3 is 2.71 bits per heavy atom. The lowest BCUT2D eigenvalue weighted by Crippen LogP contribution is -2.31. The molecule has 2 N–H and O–H groups in total. The van der Waals surface area contributed by atoms with E-state index in [1.54, 1.807) is 17.8 Å². The summed E-state index contributed by atoms with van der Waals surface area (Å²) < 4.78 is 1.54. The summed E-state index contributed by atoms with van der Waals surface area (Å²) in [7, 11) is 1.73. The number of carboxylic acid groups (broad SMARTS) is 1. The van der Waals surface area contributed by atoms with Crippen molar-refractivity contribution in [1.29, 1.82) is 0 Å². The van der Waals surface area contributed by atoms with Crippen LogP contribution in [-0.2, 0) is 16.6 Å². The standard InChI is InChI=1S/C14H18ClN3O3/c1-8-11(13(15)18(2)17-8)5-6-12(19)16-10-4-3-9(7-10)14(20)21/h5-6,9-10H,3-4,7H2,1-2H3,(H,16,19)(H,20,21)/b6-5+/t9-,10+/m1/s1. The van der Waals surface area contributed by atoms with Crippen molar-refractivity contribution in [3.05, 3.63) is 22.5 Å². The molecule has 1 aliphatic rings. The summed E-state index contributed by atoms with van der Waals surface area (Å²) in [5.41, 5.74) is 1.46. The zero-order chi connectivity index (χ0) is 15.6. The number of nitrogens with one attached hydrogen (secondary N) is 1. The highest BCUT2D eigenvalue weighted by Crippen LogP contribution is 2.25. The van der Waals surface area contributed by atoms with E-state index in [1.165, 1.54) is 6.08 Å². The highest BCUT2D eigenvalue weighted by Gasteiger charge is 2.30. The molecule has 1 aromatic rings. The summed E-state index contributed by atoms with van der Waals surface area (Å²) in [6, 6.07) is -0.0753. The van der Waals surface area contributed by atoms with Crippen LogP contribution >= 0.6 is 11.6 Å². The Morgan fingerprint density at radius 1 is 1.48 bits per heavy atom. The summed E-state index contributed by atoms with van der Waals surface area (Å²) in [5, 5.41) is 16.4. The van der Waals surface area contributed by atoms with E-state index in [4.69, 9.17) is 16.7 Å². The number of carboxylic acids is 1. The number of nitrogens with zero attached hydrogens (tertiary/aromatic N) is 2. The van der Waals surface area contributed by atoms with E-state index in [-0.39, 0.29) is 17.9 Å². The van der Waals surface area contributed by atoms with E-state index in [2.05, 4.69) is 10.4 Å². The number of halogens is 1. The summed E-state index contributed by atoms with van der Waals surface area (Å²) in [6.07, 6.45) is 4.83. The average molecular weight is 312 g/mol. The molecule has 1 amide bonds. The molecule has 0 spiro atoms. The first-order valence-corrected chi connectivity index (χ1v) is 7.16. The lowest BCUT2D eigenvalue weighted by Gasteiger charge is -2.10. The fourth-order valence-corrected chi connectivity index (χ4v) is 2.82. The van der Waals surface area contributed by atoms with Crippen molar-refractivity contribution in [2.75, 3.05) is 0 Å². The zero-order valence-electron chi connectivity index (χ0n) is 12.0. The minimum Gasteiger partial charge on any atom is -0.481 e. The molecule has 0 aliphatic heterocycles. The van der Waals surface area contributed by atoms with Crippen LogP contribution in [0.4, 0.5) is 0 Å². The summed E-state index contributed by atoms with van der Waals surface area (Å²) in [4.78, 5) is 22.7. The number of amides is 1. The normalized spacial score (nSPS) is 21.9. The Labute approximate surface area is 127 Å². The maximum Gasteiger partial charge on any atom is 0.306 e. The number of hydrogen-bond donors (Lipinski definition) is 2. The van der Waals surface area contributed by atoms with Gasteiger partial charge in [-0.15, -0.1) is 0 Å². The minimum atomic E-state index is -0.792. The first-order chi connectivity index (χ1) is 9.88. The second-order valence-electron chi connectivity index (χ2n) is 5.30. The maximum atomic E-state index is 11.9. The molecule has 7 heteroatoms. The van der Waals surface area contributed by atoms with Crippen LogP contribution < -0.4 is 5.32 Å². The lowest BCUT2D eigenvalue weighted by atomic mass is 10.1. The Kier molecular flexibility index (Phi) is 4.67. The van der Waals surface area contributed by atoms with Gasteiger partial charge < -0.3 is 10.4 Å². The van der Waals surface area contributed by atoms with Crippen molar-refractivity contribution in [1.82, 2.24) is 15.1 Å². The fourth-order valence-electron chi connectivity index (χ4n) is 2.58. The third-order valence-corrected chi connectivity index (χ3v) is 4.17. The maximum absolute atomic E-state index is 11.9. The summed E-state index contributed by atoms with van der Waals surface area (Å²) in [5.74, 6) is -1.39. The molecule has 6 nitrogen and oxygen atoms in total. The lowest BCUT2D eigenvalue weighted by molar-refractivity contribution is -0.141. The van der Waals surface area contributed by atoms with Gasteiger partial charge in [0.1, 0.15) is 5.15 Å². The molecule has 1 fully saturated rings. The molecule has 0 aromatic carbocycles. The Morgan fingerprint density at radius 2 is 2.19 bits per heavy atom. The first-order valence-electron chi connectivity index (χ1n) is 6.79. The van der Waals surface area contributed by atoms with Gasteiger partial charge in [0, 0.05) is 24.7 Å². The van der Waals surface area contributed by atoms with E-state index < -0.39 is 5.97 Å². The largest absolute Gasteiger partial charge is 0.481 e. The van der Waals surface area contributed by atoms with Gasteiger partial charge in [0.2, 0.25) is 5.91 Å². The second-order valence-corrected chi connectivity index (χ2v) is 5.66. The SMILES string of the molecule is Cc1nn(C)c(Cl)c1/C=C/C(=O)N[C@H]1CC[C@@H](C(=O)O)C1. The van der Waals surface area contributed by atoms with Crippen LogP contribution in [0.25, 0.3) is 6.08 Å². The van der Waals surface area contributed by atoms with Crippen LogP contribution in [0.15, 0.2) is 6.08 Å². The molecule has 21 heavy (non-hydrogen) atoms. The molecule has 1 saturated carbocycles. The van der Waals surface area contributed by atoms with E-state index in [9.17, 15) is 9.59 Å². The third kappa shape index (κ3) is 3.64. The molecule has 2 rings (SSSR count). The molecule has 0 bridgehead atoms. The van der Waals surface area contributed by atoms with Crippen LogP contribution in [0.1, 0.15) is 30.5 Å². The number of aliphatic carboxylic acids is 1. The van der Waals surface area contributed by atoms with Crippen LogP contribution in [-0.4, -0.2) is 32.8 Å². The van der Waals surface area contributed by atoms with Crippen molar-refractivity contribution < 1.29 is 14.7 Å². The minimum absolute atomic E-state index is 0.0753. The number of carbonyl (C=O) groups is 2. The topological polar surface area (TPSA) is 84.2 Å². The zero-order valence-corrected chi connectivity index (χ0v) is 12.7. The van der Waals surface area contributed by atoms with Gasteiger partial charge in [0.15, 0.2) is 0 Å². The van der Waals surface area contributed by atoms with Gasteiger partial charge in [-0.2, -0.15) is 5.10 Å². The highest BCUT2D eigenvalue weighted by atomic mass is 35.5. The Hall–Kier alpha value is -1.82. The quantitative estimate of drug-likeness (QED) is 0.830. The summed E-state index contributed by atoms with van der Waals surface area (Å²) >= 11 is 6.07. The highest BCUT2D eigenvalue weighted by molar-refractivity contribution is 6.31. The monoisotopic (exact) mass is 311 g/mol. The van der Waals surface area contributed by atoms with Crippen molar-refractivity contribution in [2.24, 2.45) is 13.0 Å². The van der Waals surface area contributed by atoms with Crippen LogP contribution in [0.5, 0.6) is 0 Å². The Bertz CT molecular complexity index is 595. The number of hydrogen-bond acceptors (Lipinski definition) is 3. The molecule has 0 saturated heterocycles. The molecule has 1 heterocycles. The molecule has 0 unspecified atom stereocenters. The molecule has 2 atom stereocenters. The van der Waals surface area contributed by atoms with Crippen LogP contribution in [0, 0.1) is 12.8 Å². The van der Waals surface area contributed by atoms with E-state index >= 15 is 0 Å². The first kappa shape index (κ1) is 15.6. The fraction of sp³-hybridized carbons (Fsp3) is 0.500. The van der Waals surface area contributed by atoms with Crippen molar-refractivity contribution in [3.63, 3.8) is 0 Å². The van der Waals surface area contributed by atoms with Crippen molar-refractivity contribution in [2.45, 2.75) is 32.2 Å². The predicted octanol–water partition coefficient (Wildman–Crippen LogP) is 1.76. The molecule has 0 radical (unpaired) electrons. The second kappa shape index (κ2) is 6.30. The summed E-state index contributed by atoms with van der Waals surface area (Å²) in [6.45, 7) is 1.82. The van der Waals surface area contributed by atoms with Crippen LogP contribution in [0.2, 0.25) is 5.15 Å². The van der Waals surface area contributed by atoms with Gasteiger partial charge >= 0.3 is 5.97 Å². The molecule has 114 valence electrons. The number of aryl methyl sites for hydroxylation is 2. The number of carbonyl (C=O) groups excluding carboxylic acids is 1. The van der Waals surface area contributed by atoms with Crippen molar-refractivity contribution >= 4 is 29.6 Å². The molecule has 1 aliphatic carbocycles. The molecular formula is C14H18ClN3O3. The van der Waals surface area contributed by atoms with Crippen molar-refractivity contribution in [3.8, 4) is 0 Å². The van der Waals surface area contributed by atoms with E-state index in [0.29, 0.717) is 30.0 Å². The van der Waals surface area contributed by atoms with Gasteiger partial charge in [-0.25, -0.2) is 0 Å².